The van der Waals surface area contributed by atoms with Crippen molar-refractivity contribution in [3.63, 3.8) is 0 Å². The van der Waals surface area contributed by atoms with Gasteiger partial charge in [-0.3, -0.25) is 4.90 Å². The first kappa shape index (κ1) is 12.5. The van der Waals surface area contributed by atoms with Crippen molar-refractivity contribution in [2.24, 2.45) is 0 Å². The number of likely N-dealkylation sites (tertiary alicyclic amines) is 1. The number of hydrogen-bond donors (Lipinski definition) is 1. The Bertz CT molecular complexity index is 339. The van der Waals surface area contributed by atoms with Crippen LogP contribution in [0.15, 0.2) is 4.42 Å². The zero-order chi connectivity index (χ0) is 12.1. The highest BCUT2D eigenvalue weighted by atomic mass is 16.4. The molecular formula is C12H22N4O. The van der Waals surface area contributed by atoms with E-state index in [1.165, 1.54) is 19.3 Å². The van der Waals surface area contributed by atoms with Gasteiger partial charge in [0.05, 0.1) is 6.54 Å². The Morgan fingerprint density at radius 2 is 2.29 bits per heavy atom. The van der Waals surface area contributed by atoms with E-state index in [0.717, 1.165) is 32.1 Å². The van der Waals surface area contributed by atoms with Gasteiger partial charge in [-0.2, -0.15) is 0 Å². The van der Waals surface area contributed by atoms with Crippen LogP contribution in [0, 0.1) is 6.92 Å². The van der Waals surface area contributed by atoms with Gasteiger partial charge in [-0.15, -0.1) is 10.2 Å². The molecule has 96 valence electrons. The maximum atomic E-state index is 5.45. The normalized spacial score (nSPS) is 21.9. The molecule has 0 radical (unpaired) electrons. The van der Waals surface area contributed by atoms with Crippen LogP contribution in [0.2, 0.25) is 0 Å². The molecule has 0 saturated carbocycles. The highest BCUT2D eigenvalue weighted by Gasteiger charge is 2.23. The van der Waals surface area contributed by atoms with Crippen molar-refractivity contribution in [2.45, 2.75) is 45.7 Å². The molecule has 17 heavy (non-hydrogen) atoms. The Balaban J connectivity index is 1.91. The Hall–Kier alpha value is -0.940. The second-order valence-corrected chi connectivity index (χ2v) is 4.64. The first-order valence-electron chi connectivity index (χ1n) is 6.53. The summed E-state index contributed by atoms with van der Waals surface area (Å²) in [4.78, 5) is 2.46. The molecule has 0 spiro atoms. The summed E-state index contributed by atoms with van der Waals surface area (Å²) in [5, 5.41) is 11.4. The van der Waals surface area contributed by atoms with E-state index >= 15 is 0 Å². The molecule has 0 amide bonds. The average molecular weight is 238 g/mol. The number of nitrogens with one attached hydrogen (secondary N) is 1. The lowest BCUT2D eigenvalue weighted by atomic mass is 10.0. The van der Waals surface area contributed by atoms with Crippen LogP contribution in [0.4, 0.5) is 0 Å². The summed E-state index contributed by atoms with van der Waals surface area (Å²) < 4.78 is 5.45. The summed E-state index contributed by atoms with van der Waals surface area (Å²) in [6, 6.07) is 0.607. The van der Waals surface area contributed by atoms with E-state index in [0.29, 0.717) is 11.9 Å². The third-order valence-corrected chi connectivity index (χ3v) is 3.29. The van der Waals surface area contributed by atoms with Crippen molar-refractivity contribution in [3.05, 3.63) is 11.8 Å². The summed E-state index contributed by atoms with van der Waals surface area (Å²) in [5.74, 6) is 1.39. The maximum Gasteiger partial charge on any atom is 0.230 e. The molecule has 1 aromatic rings. The summed E-state index contributed by atoms with van der Waals surface area (Å²) in [6.07, 6.45) is 3.87. The Morgan fingerprint density at radius 1 is 1.41 bits per heavy atom. The summed E-state index contributed by atoms with van der Waals surface area (Å²) >= 11 is 0. The minimum Gasteiger partial charge on any atom is -0.424 e. The molecule has 1 atom stereocenters. The molecule has 1 aliphatic rings. The van der Waals surface area contributed by atoms with E-state index in [1.54, 1.807) is 0 Å². The number of piperidine rings is 1. The number of aryl methyl sites for hydroxylation is 1. The molecule has 1 N–H and O–H groups in total. The molecule has 1 saturated heterocycles. The van der Waals surface area contributed by atoms with E-state index in [2.05, 4.69) is 27.3 Å². The average Bonchev–Trinajstić information content (AvgIpc) is 2.74. The Morgan fingerprint density at radius 3 is 3.00 bits per heavy atom. The van der Waals surface area contributed by atoms with E-state index in [1.807, 2.05) is 6.92 Å². The van der Waals surface area contributed by atoms with Gasteiger partial charge in [0.2, 0.25) is 11.8 Å². The number of rotatable bonds is 5. The number of hydrogen-bond acceptors (Lipinski definition) is 5. The van der Waals surface area contributed by atoms with Gasteiger partial charge in [-0.1, -0.05) is 13.3 Å². The molecule has 5 heteroatoms. The van der Waals surface area contributed by atoms with Crippen molar-refractivity contribution in [3.8, 4) is 0 Å². The van der Waals surface area contributed by atoms with Crippen LogP contribution in [-0.4, -0.2) is 40.8 Å². The maximum absolute atomic E-state index is 5.45. The van der Waals surface area contributed by atoms with Gasteiger partial charge in [-0.25, -0.2) is 0 Å². The molecule has 1 aliphatic heterocycles. The second kappa shape index (κ2) is 6.12. The smallest absolute Gasteiger partial charge is 0.230 e. The Labute approximate surface area is 103 Å². The van der Waals surface area contributed by atoms with Gasteiger partial charge >= 0.3 is 0 Å². The molecule has 1 aromatic heterocycles. The lowest BCUT2D eigenvalue weighted by Gasteiger charge is -2.34. The van der Waals surface area contributed by atoms with Gasteiger partial charge < -0.3 is 9.73 Å². The first-order valence-corrected chi connectivity index (χ1v) is 6.53. The SMILES string of the molecule is CCNCC1CCCCN1Cc1nnc(C)o1. The number of nitrogens with zero attached hydrogens (tertiary/aromatic N) is 3. The van der Waals surface area contributed by atoms with Gasteiger partial charge in [0.15, 0.2) is 0 Å². The molecule has 1 unspecified atom stereocenters. The van der Waals surface area contributed by atoms with Gasteiger partial charge in [0.1, 0.15) is 0 Å². The molecule has 0 aromatic carbocycles. The van der Waals surface area contributed by atoms with Crippen molar-refractivity contribution in [2.75, 3.05) is 19.6 Å². The fourth-order valence-corrected chi connectivity index (χ4v) is 2.39. The molecule has 5 nitrogen and oxygen atoms in total. The van der Waals surface area contributed by atoms with Gasteiger partial charge in [0.25, 0.3) is 0 Å². The van der Waals surface area contributed by atoms with Crippen LogP contribution in [0.5, 0.6) is 0 Å². The predicted molar refractivity (Wildman–Crippen MR) is 65.6 cm³/mol. The van der Waals surface area contributed by atoms with Crippen LogP contribution in [0.25, 0.3) is 0 Å². The highest BCUT2D eigenvalue weighted by molar-refractivity contribution is 4.85. The lowest BCUT2D eigenvalue weighted by Crippen LogP contribution is -2.45. The summed E-state index contributed by atoms with van der Waals surface area (Å²) in [5.41, 5.74) is 0. The monoisotopic (exact) mass is 238 g/mol. The Kier molecular flexibility index (Phi) is 4.50. The zero-order valence-corrected chi connectivity index (χ0v) is 10.8. The molecule has 0 bridgehead atoms. The molecule has 2 rings (SSSR count). The van der Waals surface area contributed by atoms with Crippen LogP contribution in [0.1, 0.15) is 38.0 Å². The quantitative estimate of drug-likeness (QED) is 0.839. The summed E-state index contributed by atoms with van der Waals surface area (Å²) in [6.45, 7) is 8.00. The number of likely N-dealkylation sites (N-methyl/N-ethyl adjacent to an activating group) is 1. The minimum absolute atomic E-state index is 0.607. The topological polar surface area (TPSA) is 54.2 Å². The first-order chi connectivity index (χ1) is 8.29. The van der Waals surface area contributed by atoms with Crippen molar-refractivity contribution in [1.29, 1.82) is 0 Å². The van der Waals surface area contributed by atoms with Gasteiger partial charge in [-0.05, 0) is 25.9 Å². The van der Waals surface area contributed by atoms with Crippen LogP contribution >= 0.6 is 0 Å². The van der Waals surface area contributed by atoms with Crippen molar-refractivity contribution < 1.29 is 4.42 Å². The van der Waals surface area contributed by atoms with E-state index in [-0.39, 0.29) is 0 Å². The van der Waals surface area contributed by atoms with E-state index in [9.17, 15) is 0 Å². The van der Waals surface area contributed by atoms with Crippen LogP contribution < -0.4 is 5.32 Å². The van der Waals surface area contributed by atoms with E-state index < -0.39 is 0 Å². The zero-order valence-electron chi connectivity index (χ0n) is 10.8. The van der Waals surface area contributed by atoms with E-state index in [4.69, 9.17) is 4.42 Å². The van der Waals surface area contributed by atoms with Crippen molar-refractivity contribution >= 4 is 0 Å². The second-order valence-electron chi connectivity index (χ2n) is 4.64. The third kappa shape index (κ3) is 3.51. The molecule has 1 fully saturated rings. The highest BCUT2D eigenvalue weighted by Crippen LogP contribution is 2.18. The number of aromatic nitrogens is 2. The van der Waals surface area contributed by atoms with Crippen LogP contribution in [-0.2, 0) is 6.54 Å². The molecular weight excluding hydrogens is 216 g/mol. The lowest BCUT2D eigenvalue weighted by molar-refractivity contribution is 0.125. The van der Waals surface area contributed by atoms with Gasteiger partial charge in [0, 0.05) is 19.5 Å². The fourth-order valence-electron chi connectivity index (χ4n) is 2.39. The molecule has 0 aliphatic carbocycles. The predicted octanol–water partition coefficient (Wildman–Crippen LogP) is 1.34. The van der Waals surface area contributed by atoms with Crippen molar-refractivity contribution in [1.82, 2.24) is 20.4 Å². The molecule has 2 heterocycles. The van der Waals surface area contributed by atoms with Crippen LogP contribution in [0.3, 0.4) is 0 Å². The third-order valence-electron chi connectivity index (χ3n) is 3.29. The fraction of sp³-hybridized carbons (Fsp3) is 0.833. The minimum atomic E-state index is 0.607. The standard InChI is InChI=1S/C12H22N4O/c1-3-13-8-11-6-4-5-7-16(11)9-12-15-14-10(2)17-12/h11,13H,3-9H2,1-2H3. The largest absolute Gasteiger partial charge is 0.424 e. The summed E-state index contributed by atoms with van der Waals surface area (Å²) in [7, 11) is 0.